The normalized spacial score (nSPS) is 13.3. The third-order valence-corrected chi connectivity index (χ3v) is 4.55. The van der Waals surface area contributed by atoms with Crippen LogP contribution in [0.5, 0.6) is 0 Å². The highest BCUT2D eigenvalue weighted by Gasteiger charge is 2.25. The number of anilines is 1. The topological polar surface area (TPSA) is 97.2 Å². The number of hydrogen-bond acceptors (Lipinski definition) is 5. The minimum absolute atomic E-state index is 0.119. The quantitative estimate of drug-likeness (QED) is 0.515. The van der Waals surface area contributed by atoms with Gasteiger partial charge in [-0.2, -0.15) is 0 Å². The van der Waals surface area contributed by atoms with Gasteiger partial charge < -0.3 is 10.6 Å². The summed E-state index contributed by atoms with van der Waals surface area (Å²) in [6, 6.07) is 14.4. The molecule has 7 nitrogen and oxygen atoms in total. The van der Waals surface area contributed by atoms with Crippen molar-refractivity contribution in [3.05, 3.63) is 76.0 Å². The number of hydrogen-bond donors (Lipinski definition) is 2. The van der Waals surface area contributed by atoms with Gasteiger partial charge in [0.15, 0.2) is 0 Å². The Morgan fingerprint density at radius 2 is 2.00 bits per heavy atom. The second-order valence-corrected chi connectivity index (χ2v) is 6.58. The average molecular weight is 362 g/mol. The third kappa shape index (κ3) is 3.72. The number of benzene rings is 2. The van der Waals surface area contributed by atoms with Crippen molar-refractivity contribution in [2.75, 3.05) is 5.32 Å². The Morgan fingerprint density at radius 1 is 1.19 bits per heavy atom. The number of amides is 1. The number of nitro benzene ring substituents is 1. The van der Waals surface area contributed by atoms with E-state index in [0.29, 0.717) is 17.8 Å². The van der Waals surface area contributed by atoms with E-state index in [1.165, 1.54) is 6.07 Å². The largest absolute Gasteiger partial charge is 0.375 e. The van der Waals surface area contributed by atoms with Gasteiger partial charge in [-0.25, -0.2) is 0 Å². The van der Waals surface area contributed by atoms with Crippen LogP contribution in [0.3, 0.4) is 0 Å². The predicted octanol–water partition coefficient (Wildman–Crippen LogP) is 3.65. The lowest BCUT2D eigenvalue weighted by Crippen LogP contribution is -2.25. The third-order valence-electron chi connectivity index (χ3n) is 4.55. The number of carbonyl (C=O) groups excluding carboxylic acids is 1. The first kappa shape index (κ1) is 17.0. The van der Waals surface area contributed by atoms with Crippen LogP contribution in [0.2, 0.25) is 0 Å². The van der Waals surface area contributed by atoms with Gasteiger partial charge in [-0.05, 0) is 36.6 Å². The Morgan fingerprint density at radius 3 is 2.78 bits per heavy atom. The van der Waals surface area contributed by atoms with E-state index in [1.54, 1.807) is 18.3 Å². The molecule has 2 N–H and O–H groups in total. The SMILES string of the molecule is O=C(NC1CC1)c1ccc(NCc2cccc3cccnc23)c([N+](=O)[O-])c1. The van der Waals surface area contributed by atoms with Gasteiger partial charge in [-0.3, -0.25) is 19.9 Å². The monoisotopic (exact) mass is 362 g/mol. The van der Waals surface area contributed by atoms with Crippen molar-refractivity contribution in [3.8, 4) is 0 Å². The van der Waals surface area contributed by atoms with Crippen LogP contribution in [0.25, 0.3) is 10.9 Å². The van der Waals surface area contributed by atoms with Crippen LogP contribution in [-0.2, 0) is 6.54 Å². The molecule has 0 saturated heterocycles. The summed E-state index contributed by atoms with van der Waals surface area (Å²) in [5.41, 5.74) is 2.35. The smallest absolute Gasteiger partial charge is 0.293 e. The molecule has 0 aliphatic heterocycles. The van der Waals surface area contributed by atoms with Crippen LogP contribution in [0.15, 0.2) is 54.7 Å². The molecular formula is C20H18N4O3. The summed E-state index contributed by atoms with van der Waals surface area (Å²) in [7, 11) is 0. The van der Waals surface area contributed by atoms with Gasteiger partial charge in [-0.1, -0.05) is 24.3 Å². The van der Waals surface area contributed by atoms with E-state index in [4.69, 9.17) is 0 Å². The molecule has 0 spiro atoms. The number of fused-ring (bicyclic) bond motifs is 1. The average Bonchev–Trinajstić information content (AvgIpc) is 3.50. The first-order valence-corrected chi connectivity index (χ1v) is 8.77. The molecule has 1 aliphatic rings. The maximum atomic E-state index is 12.1. The van der Waals surface area contributed by atoms with Crippen LogP contribution < -0.4 is 10.6 Å². The number of nitro groups is 1. The molecule has 0 atom stereocenters. The van der Waals surface area contributed by atoms with Crippen molar-refractivity contribution in [2.24, 2.45) is 0 Å². The second-order valence-electron chi connectivity index (χ2n) is 6.58. The standard InChI is InChI=1S/C20H18N4O3/c25-20(23-16-7-8-16)14-6-9-17(18(11-14)24(26)27)22-12-15-4-1-3-13-5-2-10-21-19(13)15/h1-6,9-11,16,22H,7-8,12H2,(H,23,25). The van der Waals surface area contributed by atoms with Gasteiger partial charge in [0.05, 0.1) is 10.4 Å². The number of nitrogens with zero attached hydrogens (tertiary/aromatic N) is 2. The molecule has 1 aliphatic carbocycles. The lowest BCUT2D eigenvalue weighted by Gasteiger charge is -2.10. The van der Waals surface area contributed by atoms with E-state index in [9.17, 15) is 14.9 Å². The lowest BCUT2D eigenvalue weighted by atomic mass is 10.1. The lowest BCUT2D eigenvalue weighted by molar-refractivity contribution is -0.384. The fourth-order valence-electron chi connectivity index (χ4n) is 2.97. The molecule has 2 aromatic carbocycles. The molecule has 0 radical (unpaired) electrons. The summed E-state index contributed by atoms with van der Waals surface area (Å²) in [5.74, 6) is -0.273. The van der Waals surface area contributed by atoms with E-state index in [0.717, 1.165) is 29.3 Å². The zero-order valence-corrected chi connectivity index (χ0v) is 14.5. The van der Waals surface area contributed by atoms with Gasteiger partial charge in [0, 0.05) is 35.8 Å². The molecule has 1 heterocycles. The van der Waals surface area contributed by atoms with Crippen molar-refractivity contribution >= 4 is 28.2 Å². The fourth-order valence-corrected chi connectivity index (χ4v) is 2.97. The van der Waals surface area contributed by atoms with E-state index >= 15 is 0 Å². The molecule has 0 unspecified atom stereocenters. The Balaban J connectivity index is 1.57. The molecule has 1 aromatic heterocycles. The maximum absolute atomic E-state index is 12.1. The molecule has 1 saturated carbocycles. The van der Waals surface area contributed by atoms with Crippen LogP contribution in [0.4, 0.5) is 11.4 Å². The molecule has 7 heteroatoms. The molecule has 136 valence electrons. The first-order chi connectivity index (χ1) is 13.1. The molecule has 1 amide bonds. The van der Waals surface area contributed by atoms with Crippen LogP contribution in [0, 0.1) is 10.1 Å². The van der Waals surface area contributed by atoms with E-state index < -0.39 is 4.92 Å². The molecule has 27 heavy (non-hydrogen) atoms. The van der Waals surface area contributed by atoms with Crippen molar-refractivity contribution in [1.82, 2.24) is 10.3 Å². The summed E-state index contributed by atoms with van der Waals surface area (Å²) in [5, 5.41) is 18.4. The van der Waals surface area contributed by atoms with Crippen LogP contribution in [0.1, 0.15) is 28.8 Å². The van der Waals surface area contributed by atoms with Crippen molar-refractivity contribution in [2.45, 2.75) is 25.4 Å². The number of carbonyl (C=O) groups is 1. The van der Waals surface area contributed by atoms with Gasteiger partial charge in [-0.15, -0.1) is 0 Å². The predicted molar refractivity (Wildman–Crippen MR) is 103 cm³/mol. The van der Waals surface area contributed by atoms with E-state index in [1.807, 2.05) is 30.3 Å². The number of pyridine rings is 1. The number of para-hydroxylation sites is 1. The fraction of sp³-hybridized carbons (Fsp3) is 0.200. The van der Waals surface area contributed by atoms with Crippen molar-refractivity contribution < 1.29 is 9.72 Å². The summed E-state index contributed by atoms with van der Waals surface area (Å²) < 4.78 is 0. The van der Waals surface area contributed by atoms with Crippen molar-refractivity contribution in [3.63, 3.8) is 0 Å². The molecular weight excluding hydrogens is 344 g/mol. The highest BCUT2D eigenvalue weighted by Crippen LogP contribution is 2.28. The summed E-state index contributed by atoms with van der Waals surface area (Å²) >= 11 is 0. The van der Waals surface area contributed by atoms with Crippen LogP contribution >= 0.6 is 0 Å². The highest BCUT2D eigenvalue weighted by molar-refractivity contribution is 5.96. The van der Waals surface area contributed by atoms with Gasteiger partial charge >= 0.3 is 0 Å². The summed E-state index contributed by atoms with van der Waals surface area (Å²) in [4.78, 5) is 27.5. The summed E-state index contributed by atoms with van der Waals surface area (Å²) in [6.45, 7) is 0.392. The minimum Gasteiger partial charge on any atom is -0.375 e. The number of rotatable bonds is 6. The molecule has 1 fully saturated rings. The van der Waals surface area contributed by atoms with Gasteiger partial charge in [0.1, 0.15) is 5.69 Å². The zero-order valence-electron chi connectivity index (χ0n) is 14.5. The summed E-state index contributed by atoms with van der Waals surface area (Å²) in [6.07, 6.45) is 3.65. The highest BCUT2D eigenvalue weighted by atomic mass is 16.6. The van der Waals surface area contributed by atoms with Crippen LogP contribution in [-0.4, -0.2) is 21.9 Å². The first-order valence-electron chi connectivity index (χ1n) is 8.77. The van der Waals surface area contributed by atoms with Crippen molar-refractivity contribution in [1.29, 1.82) is 0 Å². The Labute approximate surface area is 155 Å². The van der Waals surface area contributed by atoms with Gasteiger partial charge in [0.25, 0.3) is 11.6 Å². The van der Waals surface area contributed by atoms with Gasteiger partial charge in [0.2, 0.25) is 0 Å². The minimum atomic E-state index is -0.475. The zero-order chi connectivity index (χ0) is 18.8. The second kappa shape index (κ2) is 7.03. The number of aromatic nitrogens is 1. The molecule has 3 aromatic rings. The Kier molecular flexibility index (Phi) is 4.42. The van der Waals surface area contributed by atoms with E-state index in [-0.39, 0.29) is 17.6 Å². The Hall–Kier alpha value is -3.48. The van der Waals surface area contributed by atoms with E-state index in [2.05, 4.69) is 15.6 Å². The molecule has 0 bridgehead atoms. The molecule has 4 rings (SSSR count). The maximum Gasteiger partial charge on any atom is 0.293 e. The number of nitrogens with one attached hydrogen (secondary N) is 2. The Bertz CT molecular complexity index is 1030.